The number of nitrogens with zero attached hydrogens (tertiary/aromatic N) is 1. The summed E-state index contributed by atoms with van der Waals surface area (Å²) >= 11 is 0. The van der Waals surface area contributed by atoms with E-state index < -0.39 is 11.6 Å². The molecule has 0 unspecified atom stereocenters. The lowest BCUT2D eigenvalue weighted by atomic mass is 9.86. The van der Waals surface area contributed by atoms with E-state index in [9.17, 15) is 13.6 Å². The van der Waals surface area contributed by atoms with Crippen LogP contribution in [0.1, 0.15) is 30.1 Å². The predicted molar refractivity (Wildman–Crippen MR) is 64.1 cm³/mol. The summed E-state index contributed by atoms with van der Waals surface area (Å²) in [5.41, 5.74) is 5.89. The molecule has 1 aliphatic rings. The maximum Gasteiger partial charge on any atom is 0.254 e. The number of likely N-dealkylation sites (tertiary alicyclic amines) is 1. The third-order valence-corrected chi connectivity index (χ3v) is 3.21. The van der Waals surface area contributed by atoms with E-state index >= 15 is 0 Å². The maximum atomic E-state index is 13.0. The second-order valence-corrected chi connectivity index (χ2v) is 4.90. The molecule has 0 aromatic heterocycles. The number of carbonyl (C=O) groups is 1. The number of nitrogens with two attached hydrogens (primary N) is 1. The standard InChI is InChI=1S/C13H16F2N2O/c1-2-5-13(16)7-17(8-13)12(18)9-3-4-10(14)11(15)6-9/h3-4,6H,2,5,7-8,16H2,1H3. The minimum absolute atomic E-state index is 0.160. The van der Waals surface area contributed by atoms with E-state index in [0.29, 0.717) is 13.1 Å². The Morgan fingerprint density at radius 2 is 2.06 bits per heavy atom. The molecule has 2 rings (SSSR count). The molecule has 2 N–H and O–H groups in total. The number of rotatable bonds is 3. The van der Waals surface area contributed by atoms with Gasteiger partial charge in [0.1, 0.15) is 0 Å². The largest absolute Gasteiger partial charge is 0.335 e. The van der Waals surface area contributed by atoms with Crippen molar-refractivity contribution in [2.24, 2.45) is 5.73 Å². The van der Waals surface area contributed by atoms with Crippen molar-refractivity contribution < 1.29 is 13.6 Å². The molecule has 0 saturated carbocycles. The van der Waals surface area contributed by atoms with Crippen molar-refractivity contribution in [1.82, 2.24) is 4.90 Å². The second-order valence-electron chi connectivity index (χ2n) is 4.90. The lowest BCUT2D eigenvalue weighted by Crippen LogP contribution is -2.68. The van der Waals surface area contributed by atoms with E-state index in [-0.39, 0.29) is 17.0 Å². The van der Waals surface area contributed by atoms with Gasteiger partial charge in [0, 0.05) is 18.7 Å². The predicted octanol–water partition coefficient (Wildman–Crippen LogP) is 1.92. The van der Waals surface area contributed by atoms with E-state index in [1.165, 1.54) is 6.07 Å². The summed E-state index contributed by atoms with van der Waals surface area (Å²) in [5, 5.41) is 0. The first-order valence-corrected chi connectivity index (χ1v) is 5.98. The Balaban J connectivity index is 2.03. The Kier molecular flexibility index (Phi) is 3.34. The first-order chi connectivity index (χ1) is 8.45. The quantitative estimate of drug-likeness (QED) is 0.895. The highest BCUT2D eigenvalue weighted by Gasteiger charge is 2.41. The van der Waals surface area contributed by atoms with Crippen molar-refractivity contribution >= 4 is 5.91 Å². The number of carbonyl (C=O) groups excluding carboxylic acids is 1. The molecule has 1 aliphatic heterocycles. The Labute approximate surface area is 105 Å². The molecular formula is C13H16F2N2O. The normalized spacial score (nSPS) is 17.4. The van der Waals surface area contributed by atoms with E-state index in [2.05, 4.69) is 0 Å². The smallest absolute Gasteiger partial charge is 0.254 e. The van der Waals surface area contributed by atoms with Gasteiger partial charge < -0.3 is 10.6 Å². The average Bonchev–Trinajstić information content (AvgIpc) is 2.29. The summed E-state index contributed by atoms with van der Waals surface area (Å²) in [6.45, 7) is 2.98. The first-order valence-electron chi connectivity index (χ1n) is 5.98. The topological polar surface area (TPSA) is 46.3 Å². The molecule has 1 amide bonds. The molecule has 3 nitrogen and oxygen atoms in total. The summed E-state index contributed by atoms with van der Waals surface area (Å²) in [6, 6.07) is 3.18. The highest BCUT2D eigenvalue weighted by Crippen LogP contribution is 2.25. The zero-order chi connectivity index (χ0) is 13.3. The van der Waals surface area contributed by atoms with Crippen LogP contribution in [0.15, 0.2) is 18.2 Å². The number of amides is 1. The zero-order valence-electron chi connectivity index (χ0n) is 10.2. The molecule has 1 fully saturated rings. The number of halogens is 2. The number of benzene rings is 1. The van der Waals surface area contributed by atoms with Crippen LogP contribution in [0.25, 0.3) is 0 Å². The van der Waals surface area contributed by atoms with Gasteiger partial charge in [0.25, 0.3) is 5.91 Å². The Bertz CT molecular complexity index is 470. The van der Waals surface area contributed by atoms with Crippen molar-refractivity contribution in [3.63, 3.8) is 0 Å². The van der Waals surface area contributed by atoms with Gasteiger partial charge in [-0.15, -0.1) is 0 Å². The lowest BCUT2D eigenvalue weighted by molar-refractivity contribution is 0.0386. The van der Waals surface area contributed by atoms with Crippen LogP contribution in [0.3, 0.4) is 0 Å². The monoisotopic (exact) mass is 254 g/mol. The van der Waals surface area contributed by atoms with Gasteiger partial charge in [-0.3, -0.25) is 4.79 Å². The summed E-state index contributed by atoms with van der Waals surface area (Å²) in [7, 11) is 0. The van der Waals surface area contributed by atoms with Gasteiger partial charge in [-0.05, 0) is 24.6 Å². The summed E-state index contributed by atoms with van der Waals surface area (Å²) in [4.78, 5) is 13.5. The minimum atomic E-state index is -1.01. The number of hydrogen-bond acceptors (Lipinski definition) is 2. The van der Waals surface area contributed by atoms with Crippen LogP contribution in [-0.4, -0.2) is 29.4 Å². The minimum Gasteiger partial charge on any atom is -0.335 e. The summed E-state index contributed by atoms with van der Waals surface area (Å²) in [5.74, 6) is -2.26. The van der Waals surface area contributed by atoms with Gasteiger partial charge in [0.2, 0.25) is 0 Å². The Hall–Kier alpha value is -1.49. The van der Waals surface area contributed by atoms with Crippen molar-refractivity contribution in [2.45, 2.75) is 25.3 Å². The summed E-state index contributed by atoms with van der Waals surface area (Å²) < 4.78 is 25.8. The molecule has 0 aliphatic carbocycles. The molecule has 0 bridgehead atoms. The molecule has 1 aromatic carbocycles. The van der Waals surface area contributed by atoms with E-state index in [0.717, 1.165) is 25.0 Å². The van der Waals surface area contributed by atoms with E-state index in [1.54, 1.807) is 4.90 Å². The molecule has 1 heterocycles. The molecular weight excluding hydrogens is 238 g/mol. The van der Waals surface area contributed by atoms with E-state index in [1.807, 2.05) is 6.92 Å². The molecule has 98 valence electrons. The van der Waals surface area contributed by atoms with Gasteiger partial charge in [-0.2, -0.15) is 0 Å². The van der Waals surface area contributed by atoms with Crippen LogP contribution in [0.2, 0.25) is 0 Å². The maximum absolute atomic E-state index is 13.0. The lowest BCUT2D eigenvalue weighted by Gasteiger charge is -2.47. The Morgan fingerprint density at radius 1 is 1.39 bits per heavy atom. The van der Waals surface area contributed by atoms with Crippen LogP contribution < -0.4 is 5.73 Å². The van der Waals surface area contributed by atoms with E-state index in [4.69, 9.17) is 5.73 Å². The van der Waals surface area contributed by atoms with Crippen molar-refractivity contribution in [3.8, 4) is 0 Å². The SMILES string of the molecule is CCCC1(N)CN(C(=O)c2ccc(F)c(F)c2)C1. The first kappa shape index (κ1) is 13.0. The molecule has 0 atom stereocenters. The highest BCUT2D eigenvalue weighted by atomic mass is 19.2. The van der Waals surface area contributed by atoms with Gasteiger partial charge >= 0.3 is 0 Å². The van der Waals surface area contributed by atoms with Gasteiger partial charge in [0.05, 0.1) is 5.54 Å². The zero-order valence-corrected chi connectivity index (χ0v) is 10.2. The fourth-order valence-electron chi connectivity index (χ4n) is 2.33. The van der Waals surface area contributed by atoms with Crippen molar-refractivity contribution in [3.05, 3.63) is 35.4 Å². The average molecular weight is 254 g/mol. The van der Waals surface area contributed by atoms with Crippen LogP contribution in [0.4, 0.5) is 8.78 Å². The highest BCUT2D eigenvalue weighted by molar-refractivity contribution is 5.95. The molecule has 5 heteroatoms. The van der Waals surface area contributed by atoms with Crippen molar-refractivity contribution in [1.29, 1.82) is 0 Å². The Morgan fingerprint density at radius 3 is 2.61 bits per heavy atom. The molecule has 1 saturated heterocycles. The van der Waals surface area contributed by atoms with Gasteiger partial charge in [-0.1, -0.05) is 13.3 Å². The fraction of sp³-hybridized carbons (Fsp3) is 0.462. The third-order valence-electron chi connectivity index (χ3n) is 3.21. The van der Waals surface area contributed by atoms with Crippen LogP contribution in [0, 0.1) is 11.6 Å². The van der Waals surface area contributed by atoms with Gasteiger partial charge in [-0.25, -0.2) is 8.78 Å². The van der Waals surface area contributed by atoms with Crippen LogP contribution in [-0.2, 0) is 0 Å². The third kappa shape index (κ3) is 2.36. The van der Waals surface area contributed by atoms with Gasteiger partial charge in [0.15, 0.2) is 11.6 Å². The second kappa shape index (κ2) is 4.65. The summed E-state index contributed by atoms with van der Waals surface area (Å²) in [6.07, 6.45) is 1.82. The van der Waals surface area contributed by atoms with Crippen molar-refractivity contribution in [2.75, 3.05) is 13.1 Å². The molecule has 0 radical (unpaired) electrons. The molecule has 18 heavy (non-hydrogen) atoms. The molecule has 1 aromatic rings. The van der Waals surface area contributed by atoms with Crippen LogP contribution >= 0.6 is 0 Å². The van der Waals surface area contributed by atoms with Crippen LogP contribution in [0.5, 0.6) is 0 Å². The number of hydrogen-bond donors (Lipinski definition) is 1. The molecule has 0 spiro atoms. The fourth-order valence-corrected chi connectivity index (χ4v) is 2.33.